The number of methoxy groups -OCH3 is 1. The van der Waals surface area contributed by atoms with Crippen LogP contribution in [0.2, 0.25) is 0 Å². The van der Waals surface area contributed by atoms with E-state index in [0.29, 0.717) is 6.42 Å². The van der Waals surface area contributed by atoms with Crippen molar-refractivity contribution in [2.24, 2.45) is 5.92 Å². The molecule has 0 radical (unpaired) electrons. The van der Waals surface area contributed by atoms with Gasteiger partial charge in [0, 0.05) is 11.6 Å². The Morgan fingerprint density at radius 2 is 2.10 bits per heavy atom. The van der Waals surface area contributed by atoms with Gasteiger partial charge in [-0.2, -0.15) is 0 Å². The van der Waals surface area contributed by atoms with E-state index >= 15 is 0 Å². The van der Waals surface area contributed by atoms with Crippen molar-refractivity contribution >= 4 is 17.4 Å². The number of ether oxygens (including phenoxy) is 1. The molecule has 0 aromatic heterocycles. The highest BCUT2D eigenvalue weighted by atomic mass is 16.6. The second kappa shape index (κ2) is 6.65. The Hall–Kier alpha value is -2.44. The quantitative estimate of drug-likeness (QED) is 0.355. The summed E-state index contributed by atoms with van der Waals surface area (Å²) >= 11 is 0. The molecule has 0 heterocycles. The first kappa shape index (κ1) is 15.6. The Bertz CT molecular complexity index is 540. The van der Waals surface area contributed by atoms with Crippen LogP contribution in [0.5, 0.6) is 5.75 Å². The number of hydrogen-bond acceptors (Lipinski definition) is 5. The molecule has 0 aliphatic heterocycles. The monoisotopic (exact) mass is 281 g/mol. The summed E-state index contributed by atoms with van der Waals surface area (Å²) in [6.07, 6.45) is 0.717. The van der Waals surface area contributed by atoms with Crippen molar-refractivity contribution in [3.8, 4) is 5.75 Å². The summed E-state index contributed by atoms with van der Waals surface area (Å²) in [4.78, 5) is 33.4. The van der Waals surface area contributed by atoms with Gasteiger partial charge in [-0.25, -0.2) is 0 Å². The molecule has 20 heavy (non-hydrogen) atoms. The number of hydrogen-bond donors (Lipinski definition) is 1. The molecule has 1 unspecified atom stereocenters. The molecule has 0 aliphatic rings. The number of carboxylic acid groups (broad SMARTS) is 1. The Labute approximate surface area is 115 Å². The number of aliphatic carboxylic acids is 1. The average Bonchev–Trinajstić information content (AvgIpc) is 2.42. The van der Waals surface area contributed by atoms with Gasteiger partial charge in [0.1, 0.15) is 5.92 Å². The van der Waals surface area contributed by atoms with Crippen molar-refractivity contribution in [1.29, 1.82) is 0 Å². The number of ketones is 1. The summed E-state index contributed by atoms with van der Waals surface area (Å²) in [7, 11) is 1.28. The van der Waals surface area contributed by atoms with Crippen LogP contribution in [0.25, 0.3) is 0 Å². The summed E-state index contributed by atoms with van der Waals surface area (Å²) in [5.41, 5.74) is -0.364. The van der Waals surface area contributed by atoms with Gasteiger partial charge in [-0.15, -0.1) is 0 Å². The van der Waals surface area contributed by atoms with Crippen LogP contribution < -0.4 is 4.74 Å². The van der Waals surface area contributed by atoms with Crippen LogP contribution in [-0.2, 0) is 4.79 Å². The second-order valence-corrected chi connectivity index (χ2v) is 4.19. The Balaban J connectivity index is 3.19. The van der Waals surface area contributed by atoms with Gasteiger partial charge in [0.25, 0.3) is 0 Å². The van der Waals surface area contributed by atoms with Crippen LogP contribution in [0.15, 0.2) is 18.2 Å². The standard InChI is InChI=1S/C13H15NO6/c1-3-4-9(13(16)17)12(15)8-5-6-11(20-2)10(7-8)14(18)19/h5-7,9H,3-4H2,1-2H3,(H,16,17). The largest absolute Gasteiger partial charge is 0.490 e. The molecule has 1 atom stereocenters. The van der Waals surface area contributed by atoms with E-state index in [4.69, 9.17) is 9.84 Å². The SMILES string of the molecule is CCCC(C(=O)O)C(=O)c1ccc(OC)c([N+](=O)[O-])c1. The van der Waals surface area contributed by atoms with Crippen LogP contribution in [0.4, 0.5) is 5.69 Å². The minimum atomic E-state index is -1.23. The van der Waals surface area contributed by atoms with Gasteiger partial charge in [-0.1, -0.05) is 13.3 Å². The first-order chi connectivity index (χ1) is 9.42. The number of nitro groups is 1. The molecule has 0 saturated carbocycles. The molecular formula is C13H15NO6. The van der Waals surface area contributed by atoms with Crippen LogP contribution in [0, 0.1) is 16.0 Å². The fourth-order valence-electron chi connectivity index (χ4n) is 1.84. The Morgan fingerprint density at radius 1 is 1.45 bits per heavy atom. The maximum atomic E-state index is 12.1. The summed E-state index contributed by atoms with van der Waals surface area (Å²) in [5, 5.41) is 19.9. The molecule has 1 aromatic carbocycles. The van der Waals surface area contributed by atoms with E-state index < -0.39 is 22.6 Å². The van der Waals surface area contributed by atoms with Crippen molar-refractivity contribution in [3.63, 3.8) is 0 Å². The molecule has 1 N–H and O–H groups in total. The van der Waals surface area contributed by atoms with Crippen LogP contribution in [0.1, 0.15) is 30.1 Å². The lowest BCUT2D eigenvalue weighted by Crippen LogP contribution is -2.23. The zero-order valence-electron chi connectivity index (χ0n) is 11.2. The molecule has 1 rings (SSSR count). The third kappa shape index (κ3) is 3.31. The summed E-state index contributed by atoms with van der Waals surface area (Å²) < 4.78 is 4.83. The topological polar surface area (TPSA) is 107 Å². The van der Waals surface area contributed by atoms with Crippen molar-refractivity contribution in [1.82, 2.24) is 0 Å². The first-order valence-electron chi connectivity index (χ1n) is 6.01. The van der Waals surface area contributed by atoms with E-state index in [9.17, 15) is 19.7 Å². The predicted molar refractivity (Wildman–Crippen MR) is 70.0 cm³/mol. The Kier molecular flexibility index (Phi) is 5.19. The second-order valence-electron chi connectivity index (χ2n) is 4.19. The molecule has 0 spiro atoms. The zero-order valence-corrected chi connectivity index (χ0v) is 11.2. The van der Waals surface area contributed by atoms with E-state index in [1.165, 1.54) is 19.2 Å². The van der Waals surface area contributed by atoms with Gasteiger partial charge in [0.05, 0.1) is 12.0 Å². The van der Waals surface area contributed by atoms with E-state index in [-0.39, 0.29) is 23.4 Å². The highest BCUT2D eigenvalue weighted by molar-refractivity contribution is 6.08. The van der Waals surface area contributed by atoms with Crippen LogP contribution in [0.3, 0.4) is 0 Å². The summed E-state index contributed by atoms with van der Waals surface area (Å²) in [6, 6.07) is 3.67. The van der Waals surface area contributed by atoms with E-state index in [2.05, 4.69) is 0 Å². The number of rotatable bonds is 7. The molecular weight excluding hydrogens is 266 g/mol. The minimum absolute atomic E-state index is 0.00153. The lowest BCUT2D eigenvalue weighted by molar-refractivity contribution is -0.385. The molecule has 0 fully saturated rings. The van der Waals surface area contributed by atoms with Crippen molar-refractivity contribution in [2.75, 3.05) is 7.11 Å². The van der Waals surface area contributed by atoms with Crippen LogP contribution >= 0.6 is 0 Å². The lowest BCUT2D eigenvalue weighted by atomic mass is 9.93. The Morgan fingerprint density at radius 3 is 2.55 bits per heavy atom. The van der Waals surface area contributed by atoms with E-state index in [1.54, 1.807) is 6.92 Å². The third-order valence-corrected chi connectivity index (χ3v) is 2.85. The lowest BCUT2D eigenvalue weighted by Gasteiger charge is -2.10. The molecule has 7 nitrogen and oxygen atoms in total. The number of nitro benzene ring substituents is 1. The zero-order chi connectivity index (χ0) is 15.3. The number of carbonyl (C=O) groups excluding carboxylic acids is 1. The molecule has 108 valence electrons. The average molecular weight is 281 g/mol. The highest BCUT2D eigenvalue weighted by Gasteiger charge is 2.28. The van der Waals surface area contributed by atoms with Gasteiger partial charge >= 0.3 is 11.7 Å². The van der Waals surface area contributed by atoms with Crippen molar-refractivity contribution in [2.45, 2.75) is 19.8 Å². The van der Waals surface area contributed by atoms with Gasteiger partial charge in [-0.05, 0) is 18.6 Å². The summed E-state index contributed by atoms with van der Waals surface area (Å²) in [6.45, 7) is 1.76. The molecule has 0 saturated heterocycles. The van der Waals surface area contributed by atoms with Gasteiger partial charge in [-0.3, -0.25) is 19.7 Å². The minimum Gasteiger partial charge on any atom is -0.490 e. The molecule has 7 heteroatoms. The normalized spacial score (nSPS) is 11.7. The van der Waals surface area contributed by atoms with Crippen molar-refractivity contribution in [3.05, 3.63) is 33.9 Å². The van der Waals surface area contributed by atoms with E-state index in [0.717, 1.165) is 6.07 Å². The van der Waals surface area contributed by atoms with Gasteiger partial charge in [0.15, 0.2) is 11.5 Å². The number of Topliss-reactive ketones (excluding diaryl/α,β-unsaturated/α-hetero) is 1. The smallest absolute Gasteiger partial charge is 0.314 e. The summed E-state index contributed by atoms with van der Waals surface area (Å²) in [5.74, 6) is -3.03. The van der Waals surface area contributed by atoms with Gasteiger partial charge in [0.2, 0.25) is 0 Å². The number of nitrogens with zero attached hydrogens (tertiary/aromatic N) is 1. The number of benzene rings is 1. The molecule has 0 aliphatic carbocycles. The van der Waals surface area contributed by atoms with Gasteiger partial charge < -0.3 is 9.84 Å². The van der Waals surface area contributed by atoms with Crippen molar-refractivity contribution < 1.29 is 24.4 Å². The highest BCUT2D eigenvalue weighted by Crippen LogP contribution is 2.29. The third-order valence-electron chi connectivity index (χ3n) is 2.85. The fourth-order valence-corrected chi connectivity index (χ4v) is 1.84. The molecule has 0 amide bonds. The number of carboxylic acids is 1. The fraction of sp³-hybridized carbons (Fsp3) is 0.385. The maximum Gasteiger partial charge on any atom is 0.314 e. The van der Waals surface area contributed by atoms with Crippen LogP contribution in [-0.4, -0.2) is 28.9 Å². The molecule has 1 aromatic rings. The molecule has 0 bridgehead atoms. The number of carbonyl (C=O) groups is 2. The first-order valence-corrected chi connectivity index (χ1v) is 6.01. The predicted octanol–water partition coefficient (Wildman–Crippen LogP) is 2.29. The maximum absolute atomic E-state index is 12.1. The van der Waals surface area contributed by atoms with E-state index in [1.807, 2.05) is 0 Å².